The second-order valence-corrected chi connectivity index (χ2v) is 5.87. The molecule has 0 spiro atoms. The highest BCUT2D eigenvalue weighted by Gasteiger charge is 2.15. The van der Waals surface area contributed by atoms with Crippen molar-refractivity contribution >= 4 is 11.8 Å². The number of hydrogen-bond acceptors (Lipinski definition) is 2. The Labute approximate surface area is 103 Å². The Bertz CT molecular complexity index is 293. The zero-order valence-corrected chi connectivity index (χ0v) is 10.8. The van der Waals surface area contributed by atoms with Crippen LogP contribution in [0.2, 0.25) is 0 Å². The summed E-state index contributed by atoms with van der Waals surface area (Å²) >= 11 is 2.09. The molecule has 0 bridgehead atoms. The van der Waals surface area contributed by atoms with Gasteiger partial charge >= 0.3 is 0 Å². The molecule has 1 saturated heterocycles. The van der Waals surface area contributed by atoms with Crippen LogP contribution in [0.4, 0.5) is 0 Å². The first kappa shape index (κ1) is 12.0. The van der Waals surface area contributed by atoms with Crippen molar-refractivity contribution in [2.75, 3.05) is 11.5 Å². The van der Waals surface area contributed by atoms with Gasteiger partial charge in [-0.25, -0.2) is 0 Å². The Morgan fingerprint density at radius 2 is 1.94 bits per heavy atom. The van der Waals surface area contributed by atoms with Crippen molar-refractivity contribution in [3.8, 4) is 0 Å². The van der Waals surface area contributed by atoms with Gasteiger partial charge in [0.15, 0.2) is 0 Å². The molecule has 2 rings (SSSR count). The molecule has 2 heteroatoms. The molecule has 1 aliphatic rings. The molecule has 88 valence electrons. The molecule has 1 aromatic carbocycles. The van der Waals surface area contributed by atoms with E-state index in [1.165, 1.54) is 29.9 Å². The van der Waals surface area contributed by atoms with Crippen LogP contribution in [0.3, 0.4) is 0 Å². The predicted molar refractivity (Wildman–Crippen MR) is 73.1 cm³/mol. The third-order valence-electron chi connectivity index (χ3n) is 3.13. The lowest BCUT2D eigenvalue weighted by molar-refractivity contribution is 0.421. The average Bonchev–Trinajstić information content (AvgIpc) is 2.31. The molecule has 1 atom stereocenters. The third-order valence-corrected chi connectivity index (χ3v) is 4.17. The van der Waals surface area contributed by atoms with E-state index in [9.17, 15) is 0 Å². The highest BCUT2D eigenvalue weighted by atomic mass is 32.2. The summed E-state index contributed by atoms with van der Waals surface area (Å²) in [6.07, 6.45) is 3.82. The maximum atomic E-state index is 3.75. The van der Waals surface area contributed by atoms with Crippen LogP contribution < -0.4 is 5.32 Å². The van der Waals surface area contributed by atoms with Gasteiger partial charge in [-0.1, -0.05) is 30.3 Å². The number of thioether (sulfide) groups is 1. The van der Waals surface area contributed by atoms with Gasteiger partial charge in [-0.15, -0.1) is 0 Å². The van der Waals surface area contributed by atoms with E-state index in [0.717, 1.165) is 12.5 Å². The van der Waals surface area contributed by atoms with E-state index >= 15 is 0 Å². The van der Waals surface area contributed by atoms with Crippen molar-refractivity contribution in [1.82, 2.24) is 5.32 Å². The third kappa shape index (κ3) is 3.84. The van der Waals surface area contributed by atoms with Crippen molar-refractivity contribution in [1.29, 1.82) is 0 Å². The van der Waals surface area contributed by atoms with Crippen molar-refractivity contribution in [2.45, 2.75) is 38.3 Å². The summed E-state index contributed by atoms with van der Waals surface area (Å²) in [6, 6.07) is 12.1. The summed E-state index contributed by atoms with van der Waals surface area (Å²) < 4.78 is 0. The fourth-order valence-electron chi connectivity index (χ4n) is 2.29. The summed E-state index contributed by atoms with van der Waals surface area (Å²) in [5.41, 5.74) is 1.44. The van der Waals surface area contributed by atoms with Crippen LogP contribution in [0.1, 0.15) is 25.3 Å². The molecule has 0 amide bonds. The van der Waals surface area contributed by atoms with Crippen molar-refractivity contribution in [3.63, 3.8) is 0 Å². The molecule has 1 aromatic rings. The first-order valence-electron chi connectivity index (χ1n) is 6.22. The SMILES string of the molecule is CC(Cc1ccccc1)NC1CCSCC1. The molecular weight excluding hydrogens is 214 g/mol. The highest BCUT2D eigenvalue weighted by Crippen LogP contribution is 2.17. The lowest BCUT2D eigenvalue weighted by Gasteiger charge is -2.26. The largest absolute Gasteiger partial charge is 0.311 e. The molecule has 0 radical (unpaired) electrons. The molecule has 0 aromatic heterocycles. The van der Waals surface area contributed by atoms with Gasteiger partial charge in [0.25, 0.3) is 0 Å². The zero-order chi connectivity index (χ0) is 11.2. The molecule has 0 saturated carbocycles. The van der Waals surface area contributed by atoms with Crippen LogP contribution in [0.5, 0.6) is 0 Å². The summed E-state index contributed by atoms with van der Waals surface area (Å²) in [6.45, 7) is 2.30. The minimum absolute atomic E-state index is 0.593. The maximum absolute atomic E-state index is 3.75. The quantitative estimate of drug-likeness (QED) is 0.860. The summed E-state index contributed by atoms with van der Waals surface area (Å²) in [4.78, 5) is 0. The van der Waals surface area contributed by atoms with E-state index in [1.807, 2.05) is 0 Å². The summed E-state index contributed by atoms with van der Waals surface area (Å²) in [5.74, 6) is 2.66. The van der Waals surface area contributed by atoms with Gasteiger partial charge in [-0.3, -0.25) is 0 Å². The first-order chi connectivity index (χ1) is 7.84. The van der Waals surface area contributed by atoms with Crippen LogP contribution in [0.25, 0.3) is 0 Å². The zero-order valence-electron chi connectivity index (χ0n) is 9.99. The molecule has 1 nitrogen and oxygen atoms in total. The van der Waals surface area contributed by atoms with E-state index in [4.69, 9.17) is 0 Å². The van der Waals surface area contributed by atoms with Crippen LogP contribution in [0, 0.1) is 0 Å². The van der Waals surface area contributed by atoms with E-state index in [0.29, 0.717) is 6.04 Å². The summed E-state index contributed by atoms with van der Waals surface area (Å²) in [5, 5.41) is 3.75. The lowest BCUT2D eigenvalue weighted by Crippen LogP contribution is -2.39. The number of hydrogen-bond donors (Lipinski definition) is 1. The van der Waals surface area contributed by atoms with E-state index in [-0.39, 0.29) is 0 Å². The Balaban J connectivity index is 1.77. The Hall–Kier alpha value is -0.470. The van der Waals surface area contributed by atoms with Crippen LogP contribution in [-0.4, -0.2) is 23.6 Å². The van der Waals surface area contributed by atoms with Gasteiger partial charge in [0.05, 0.1) is 0 Å². The molecule has 16 heavy (non-hydrogen) atoms. The van der Waals surface area contributed by atoms with Gasteiger partial charge in [-0.2, -0.15) is 11.8 Å². The normalized spacial score (nSPS) is 19.6. The van der Waals surface area contributed by atoms with E-state index in [1.54, 1.807) is 0 Å². The van der Waals surface area contributed by atoms with Gasteiger partial charge < -0.3 is 5.32 Å². The minimum Gasteiger partial charge on any atom is -0.311 e. The van der Waals surface area contributed by atoms with Crippen LogP contribution in [0.15, 0.2) is 30.3 Å². The number of nitrogens with one attached hydrogen (secondary N) is 1. The van der Waals surface area contributed by atoms with Crippen molar-refractivity contribution in [2.24, 2.45) is 0 Å². The predicted octanol–water partition coefficient (Wildman–Crippen LogP) is 3.10. The van der Waals surface area contributed by atoms with E-state index in [2.05, 4.69) is 54.3 Å². The Morgan fingerprint density at radius 1 is 1.25 bits per heavy atom. The average molecular weight is 235 g/mol. The Morgan fingerprint density at radius 3 is 2.62 bits per heavy atom. The van der Waals surface area contributed by atoms with Crippen LogP contribution in [-0.2, 0) is 6.42 Å². The van der Waals surface area contributed by atoms with Gasteiger partial charge in [0, 0.05) is 12.1 Å². The Kier molecular flexibility index (Phi) is 4.73. The lowest BCUT2D eigenvalue weighted by atomic mass is 10.0. The maximum Gasteiger partial charge on any atom is 0.00853 e. The molecule has 0 aliphatic carbocycles. The number of benzene rings is 1. The van der Waals surface area contributed by atoms with E-state index < -0.39 is 0 Å². The molecule has 1 N–H and O–H groups in total. The monoisotopic (exact) mass is 235 g/mol. The fourth-order valence-corrected chi connectivity index (χ4v) is 3.40. The van der Waals surface area contributed by atoms with Gasteiger partial charge in [-0.05, 0) is 43.3 Å². The highest BCUT2D eigenvalue weighted by molar-refractivity contribution is 7.99. The second kappa shape index (κ2) is 6.31. The smallest absolute Gasteiger partial charge is 0.00853 e. The molecule has 1 heterocycles. The van der Waals surface area contributed by atoms with Crippen molar-refractivity contribution < 1.29 is 0 Å². The minimum atomic E-state index is 0.593. The first-order valence-corrected chi connectivity index (χ1v) is 7.38. The molecular formula is C14H21NS. The number of rotatable bonds is 4. The molecule has 1 fully saturated rings. The summed E-state index contributed by atoms with van der Waals surface area (Å²) in [7, 11) is 0. The topological polar surface area (TPSA) is 12.0 Å². The molecule has 1 unspecified atom stereocenters. The van der Waals surface area contributed by atoms with Gasteiger partial charge in [0.2, 0.25) is 0 Å². The standard InChI is InChI=1S/C14H21NS/c1-12(11-13-5-3-2-4-6-13)15-14-7-9-16-10-8-14/h2-6,12,14-15H,7-11H2,1H3. The van der Waals surface area contributed by atoms with Gasteiger partial charge in [0.1, 0.15) is 0 Å². The second-order valence-electron chi connectivity index (χ2n) is 4.64. The molecule has 1 aliphatic heterocycles. The fraction of sp³-hybridized carbons (Fsp3) is 0.571. The van der Waals surface area contributed by atoms with Crippen molar-refractivity contribution in [3.05, 3.63) is 35.9 Å². The van der Waals surface area contributed by atoms with Crippen LogP contribution >= 0.6 is 11.8 Å².